The minimum atomic E-state index is 0.0293. The first kappa shape index (κ1) is 31.7. The van der Waals surface area contributed by atoms with Crippen molar-refractivity contribution in [2.45, 2.75) is 85.5 Å². The monoisotopic (exact) mass is 496 g/mol. The van der Waals surface area contributed by atoms with Crippen molar-refractivity contribution in [1.82, 2.24) is 0 Å². The summed E-state index contributed by atoms with van der Waals surface area (Å²) in [4.78, 5) is 0. The molecule has 0 aliphatic heterocycles. The molecule has 0 fully saturated rings. The Balaban J connectivity index is 2.52. The Morgan fingerprint density at radius 2 is 1.40 bits per heavy atom. The van der Waals surface area contributed by atoms with Crippen LogP contribution in [-0.2, 0) is 27.1 Å². The van der Waals surface area contributed by atoms with Gasteiger partial charge in [-0.05, 0) is 55.2 Å². The van der Waals surface area contributed by atoms with E-state index in [2.05, 4.69) is 33.8 Å². The van der Waals surface area contributed by atoms with E-state index in [0.29, 0.717) is 57.9 Å². The van der Waals surface area contributed by atoms with Gasteiger partial charge >= 0.3 is 0 Å². The number of ether oxygens (including phenoxy) is 4. The SMILES string of the molecule is CCCCCc1cc(O)c(CC[C@@H](C)CCCC(C)C)c(OCCOCCOCCOCCO)c1. The van der Waals surface area contributed by atoms with Gasteiger partial charge in [0.25, 0.3) is 0 Å². The van der Waals surface area contributed by atoms with Gasteiger partial charge in [-0.1, -0.05) is 59.8 Å². The van der Waals surface area contributed by atoms with Gasteiger partial charge in [-0.15, -0.1) is 0 Å². The lowest BCUT2D eigenvalue weighted by Gasteiger charge is -2.17. The van der Waals surface area contributed by atoms with Gasteiger partial charge in [0.2, 0.25) is 0 Å². The van der Waals surface area contributed by atoms with E-state index in [9.17, 15) is 5.11 Å². The first-order valence-electron chi connectivity index (χ1n) is 13.8. The maximum Gasteiger partial charge on any atom is 0.126 e. The molecule has 1 rings (SSSR count). The minimum Gasteiger partial charge on any atom is -0.508 e. The summed E-state index contributed by atoms with van der Waals surface area (Å²) < 4.78 is 22.3. The van der Waals surface area contributed by atoms with Gasteiger partial charge in [0.1, 0.15) is 18.1 Å². The fourth-order valence-electron chi connectivity index (χ4n) is 4.02. The van der Waals surface area contributed by atoms with E-state index in [1.54, 1.807) is 0 Å². The molecule has 0 bridgehead atoms. The van der Waals surface area contributed by atoms with Crippen molar-refractivity contribution in [2.75, 3.05) is 52.9 Å². The predicted octanol–water partition coefficient (Wildman–Crippen LogP) is 5.94. The molecule has 2 N–H and O–H groups in total. The van der Waals surface area contributed by atoms with Crippen LogP contribution >= 0.6 is 0 Å². The number of aromatic hydroxyl groups is 1. The fraction of sp³-hybridized carbons (Fsp3) is 0.793. The molecule has 0 aromatic heterocycles. The Morgan fingerprint density at radius 1 is 0.743 bits per heavy atom. The molecule has 1 aromatic carbocycles. The van der Waals surface area contributed by atoms with Gasteiger partial charge in [-0.2, -0.15) is 0 Å². The molecule has 204 valence electrons. The Labute approximate surface area is 214 Å². The van der Waals surface area contributed by atoms with Crippen molar-refractivity contribution in [3.05, 3.63) is 23.3 Å². The van der Waals surface area contributed by atoms with E-state index in [0.717, 1.165) is 48.5 Å². The van der Waals surface area contributed by atoms with Crippen LogP contribution in [0.3, 0.4) is 0 Å². The van der Waals surface area contributed by atoms with Crippen LogP contribution in [0.2, 0.25) is 0 Å². The number of rotatable bonds is 23. The maximum absolute atomic E-state index is 10.8. The average molecular weight is 497 g/mol. The lowest BCUT2D eigenvalue weighted by atomic mass is 9.93. The van der Waals surface area contributed by atoms with Gasteiger partial charge in [-0.3, -0.25) is 0 Å². The Bertz CT molecular complexity index is 634. The number of phenolic OH excluding ortho intramolecular Hbond substituents is 1. The molecule has 0 aliphatic rings. The highest BCUT2D eigenvalue weighted by atomic mass is 16.6. The highest BCUT2D eigenvalue weighted by molar-refractivity contribution is 5.47. The molecule has 6 heteroatoms. The van der Waals surface area contributed by atoms with Crippen LogP contribution in [0.25, 0.3) is 0 Å². The van der Waals surface area contributed by atoms with E-state index in [1.807, 2.05) is 6.07 Å². The van der Waals surface area contributed by atoms with E-state index < -0.39 is 0 Å². The summed E-state index contributed by atoms with van der Waals surface area (Å²) in [6.45, 7) is 12.3. The number of aryl methyl sites for hydroxylation is 1. The molecule has 0 unspecified atom stereocenters. The third kappa shape index (κ3) is 16.1. The Morgan fingerprint density at radius 3 is 2.03 bits per heavy atom. The predicted molar refractivity (Wildman–Crippen MR) is 143 cm³/mol. The molecule has 0 aliphatic carbocycles. The summed E-state index contributed by atoms with van der Waals surface area (Å²) in [5.74, 6) is 2.54. The molecule has 1 atom stereocenters. The molecule has 0 amide bonds. The average Bonchev–Trinajstić information content (AvgIpc) is 2.82. The quantitative estimate of drug-likeness (QED) is 0.183. The number of hydrogen-bond donors (Lipinski definition) is 2. The molecule has 0 heterocycles. The second-order valence-corrected chi connectivity index (χ2v) is 9.93. The minimum absolute atomic E-state index is 0.0293. The van der Waals surface area contributed by atoms with Crippen molar-refractivity contribution in [3.8, 4) is 11.5 Å². The molecule has 0 radical (unpaired) electrons. The molecule has 0 saturated heterocycles. The molecular weight excluding hydrogens is 444 g/mol. The zero-order valence-corrected chi connectivity index (χ0v) is 22.9. The van der Waals surface area contributed by atoms with E-state index in [4.69, 9.17) is 24.1 Å². The molecular formula is C29H52O6. The standard InChI is InChI=1S/C29H52O6/c1-5-6-7-11-26-22-28(31)27(13-12-25(4)10-8-9-24(2)3)29(23-26)35-21-20-34-19-18-33-17-16-32-15-14-30/h22-25,30-31H,5-21H2,1-4H3/t25-/m0/s1. The largest absolute Gasteiger partial charge is 0.508 e. The number of unbranched alkanes of at least 4 members (excludes halogenated alkanes) is 2. The highest BCUT2D eigenvalue weighted by Crippen LogP contribution is 2.33. The second kappa shape index (κ2) is 20.8. The summed E-state index contributed by atoms with van der Waals surface area (Å²) in [6, 6.07) is 4.04. The third-order valence-corrected chi connectivity index (χ3v) is 6.14. The highest BCUT2D eigenvalue weighted by Gasteiger charge is 2.14. The van der Waals surface area contributed by atoms with Crippen LogP contribution in [0.4, 0.5) is 0 Å². The number of aliphatic hydroxyl groups is 1. The van der Waals surface area contributed by atoms with Crippen LogP contribution in [0.15, 0.2) is 12.1 Å². The summed E-state index contributed by atoms with van der Waals surface area (Å²) in [5.41, 5.74) is 2.06. The number of benzene rings is 1. The van der Waals surface area contributed by atoms with Crippen molar-refractivity contribution in [2.24, 2.45) is 11.8 Å². The zero-order valence-electron chi connectivity index (χ0n) is 22.9. The van der Waals surface area contributed by atoms with E-state index in [-0.39, 0.29) is 6.61 Å². The molecule has 6 nitrogen and oxygen atoms in total. The number of aliphatic hydroxyl groups excluding tert-OH is 1. The lowest BCUT2D eigenvalue weighted by molar-refractivity contribution is 0.00356. The summed E-state index contributed by atoms with van der Waals surface area (Å²) in [6.07, 6.45) is 10.1. The second-order valence-electron chi connectivity index (χ2n) is 9.93. The first-order chi connectivity index (χ1) is 17.0. The third-order valence-electron chi connectivity index (χ3n) is 6.14. The Kier molecular flexibility index (Phi) is 18.8. The zero-order chi connectivity index (χ0) is 25.7. The van der Waals surface area contributed by atoms with Crippen LogP contribution in [0.1, 0.15) is 83.8 Å². The summed E-state index contributed by atoms with van der Waals surface area (Å²) in [5, 5.41) is 19.5. The topological polar surface area (TPSA) is 77.4 Å². The van der Waals surface area contributed by atoms with E-state index >= 15 is 0 Å². The summed E-state index contributed by atoms with van der Waals surface area (Å²) in [7, 11) is 0. The molecule has 0 spiro atoms. The van der Waals surface area contributed by atoms with Crippen molar-refractivity contribution >= 4 is 0 Å². The van der Waals surface area contributed by atoms with E-state index in [1.165, 1.54) is 32.1 Å². The van der Waals surface area contributed by atoms with Gasteiger partial charge in [0.15, 0.2) is 0 Å². The van der Waals surface area contributed by atoms with Crippen molar-refractivity contribution in [1.29, 1.82) is 0 Å². The molecule has 35 heavy (non-hydrogen) atoms. The van der Waals surface area contributed by atoms with Crippen LogP contribution in [0.5, 0.6) is 11.5 Å². The van der Waals surface area contributed by atoms with Crippen molar-refractivity contribution in [3.63, 3.8) is 0 Å². The smallest absolute Gasteiger partial charge is 0.126 e. The van der Waals surface area contributed by atoms with Gasteiger partial charge in [0, 0.05) is 5.56 Å². The number of phenols is 1. The summed E-state index contributed by atoms with van der Waals surface area (Å²) >= 11 is 0. The van der Waals surface area contributed by atoms with Crippen molar-refractivity contribution < 1.29 is 29.2 Å². The molecule has 1 aromatic rings. The first-order valence-corrected chi connectivity index (χ1v) is 13.8. The Hall–Kier alpha value is -1.34. The van der Waals surface area contributed by atoms with Gasteiger partial charge in [-0.25, -0.2) is 0 Å². The lowest BCUT2D eigenvalue weighted by Crippen LogP contribution is -2.14. The normalized spacial score (nSPS) is 12.4. The van der Waals surface area contributed by atoms with Gasteiger partial charge in [0.05, 0.1) is 46.2 Å². The van der Waals surface area contributed by atoms with Crippen LogP contribution < -0.4 is 4.74 Å². The fourth-order valence-corrected chi connectivity index (χ4v) is 4.02. The van der Waals surface area contributed by atoms with Crippen LogP contribution in [0, 0.1) is 11.8 Å². The number of hydrogen-bond acceptors (Lipinski definition) is 6. The molecule has 0 saturated carbocycles. The maximum atomic E-state index is 10.8. The van der Waals surface area contributed by atoms with Gasteiger partial charge < -0.3 is 29.2 Å². The van der Waals surface area contributed by atoms with Crippen LogP contribution in [-0.4, -0.2) is 63.1 Å².